The molecule has 0 amide bonds. The maximum Gasteiger partial charge on any atom is 0.244 e. The van der Waals surface area contributed by atoms with Crippen LogP contribution in [-0.4, -0.2) is 31.3 Å². The molecule has 5 nitrogen and oxygen atoms in total. The predicted octanol–water partition coefficient (Wildman–Crippen LogP) is 2.56. The van der Waals surface area contributed by atoms with Crippen molar-refractivity contribution >= 4 is 26.6 Å². The van der Waals surface area contributed by atoms with E-state index in [9.17, 15) is 8.42 Å². The fraction of sp³-hybridized carbons (Fsp3) is 0.467. The summed E-state index contributed by atoms with van der Waals surface area (Å²) >= 11 is 0. The maximum atomic E-state index is 12.8. The largest absolute Gasteiger partial charge is 0.399 e. The summed E-state index contributed by atoms with van der Waals surface area (Å²) in [4.78, 5) is 3.33. The average Bonchev–Trinajstić information content (AvgIpc) is 3.07. The van der Waals surface area contributed by atoms with E-state index in [-0.39, 0.29) is 0 Å². The number of anilines is 1. The minimum atomic E-state index is -3.46. The number of nitrogens with one attached hydrogen (secondary N) is 1. The molecule has 1 fully saturated rings. The van der Waals surface area contributed by atoms with Crippen molar-refractivity contribution < 1.29 is 8.42 Å². The Kier molecular flexibility index (Phi) is 3.67. The Balaban J connectivity index is 1.92. The Morgan fingerprint density at radius 2 is 2.05 bits per heavy atom. The molecule has 0 spiro atoms. The van der Waals surface area contributed by atoms with E-state index < -0.39 is 10.0 Å². The molecule has 21 heavy (non-hydrogen) atoms. The van der Waals surface area contributed by atoms with Crippen LogP contribution in [-0.2, 0) is 10.0 Å². The molecule has 1 aromatic heterocycles. The fourth-order valence-electron chi connectivity index (χ4n) is 3.15. The molecule has 0 atom stereocenters. The highest BCUT2D eigenvalue weighted by molar-refractivity contribution is 7.89. The van der Waals surface area contributed by atoms with Gasteiger partial charge in [-0.2, -0.15) is 0 Å². The SMILES string of the molecule is CN(CC1CCCC1)S(=O)(=O)c1c[nH]c2cc(N)ccc12. The second-order valence-corrected chi connectivity index (χ2v) is 7.91. The zero-order valence-electron chi connectivity index (χ0n) is 12.2. The van der Waals surface area contributed by atoms with Crippen LogP contribution in [0, 0.1) is 5.92 Å². The minimum absolute atomic E-state index is 0.331. The average molecular weight is 307 g/mol. The summed E-state index contributed by atoms with van der Waals surface area (Å²) in [7, 11) is -1.79. The first-order valence-electron chi connectivity index (χ1n) is 7.31. The van der Waals surface area contributed by atoms with Crippen molar-refractivity contribution in [1.82, 2.24) is 9.29 Å². The molecule has 1 aliphatic rings. The Bertz CT molecular complexity index is 745. The summed E-state index contributed by atoms with van der Waals surface area (Å²) in [5, 5.41) is 0.697. The van der Waals surface area contributed by atoms with E-state index in [4.69, 9.17) is 5.73 Å². The molecule has 0 bridgehead atoms. The summed E-state index contributed by atoms with van der Waals surface area (Å²) in [6, 6.07) is 5.24. The molecule has 2 aromatic rings. The van der Waals surface area contributed by atoms with Crippen LogP contribution in [0.1, 0.15) is 25.7 Å². The number of aromatic nitrogens is 1. The van der Waals surface area contributed by atoms with E-state index >= 15 is 0 Å². The number of nitrogens with zero attached hydrogens (tertiary/aromatic N) is 1. The highest BCUT2D eigenvalue weighted by atomic mass is 32.2. The molecular formula is C15H21N3O2S. The maximum absolute atomic E-state index is 12.8. The van der Waals surface area contributed by atoms with Crippen molar-refractivity contribution in [3.05, 3.63) is 24.4 Å². The summed E-state index contributed by atoms with van der Waals surface area (Å²) in [6.07, 6.45) is 6.25. The summed E-state index contributed by atoms with van der Waals surface area (Å²) < 4.78 is 27.0. The number of rotatable bonds is 4. The molecule has 3 rings (SSSR count). The van der Waals surface area contributed by atoms with Crippen LogP contribution in [0.4, 0.5) is 5.69 Å². The van der Waals surface area contributed by atoms with Crippen LogP contribution >= 0.6 is 0 Å². The van der Waals surface area contributed by atoms with E-state index in [1.54, 1.807) is 31.4 Å². The normalized spacial score (nSPS) is 17.0. The lowest BCUT2D eigenvalue weighted by Crippen LogP contribution is -2.31. The van der Waals surface area contributed by atoms with E-state index in [2.05, 4.69) is 4.98 Å². The number of nitrogens with two attached hydrogens (primary N) is 1. The van der Waals surface area contributed by atoms with Gasteiger partial charge in [-0.3, -0.25) is 0 Å². The van der Waals surface area contributed by atoms with Gasteiger partial charge >= 0.3 is 0 Å². The van der Waals surface area contributed by atoms with Crippen molar-refractivity contribution in [1.29, 1.82) is 0 Å². The second kappa shape index (κ2) is 5.35. The lowest BCUT2D eigenvalue weighted by molar-refractivity contribution is 0.387. The number of aromatic amines is 1. The Morgan fingerprint density at radius 1 is 1.33 bits per heavy atom. The van der Waals surface area contributed by atoms with E-state index in [1.165, 1.54) is 17.1 Å². The highest BCUT2D eigenvalue weighted by Crippen LogP contribution is 2.30. The number of fused-ring (bicyclic) bond motifs is 1. The van der Waals surface area contributed by atoms with Crippen LogP contribution in [0.2, 0.25) is 0 Å². The molecule has 1 saturated carbocycles. The third-order valence-electron chi connectivity index (χ3n) is 4.35. The van der Waals surface area contributed by atoms with Crippen molar-refractivity contribution in [2.75, 3.05) is 19.3 Å². The van der Waals surface area contributed by atoms with Crippen molar-refractivity contribution in [3.8, 4) is 0 Å². The highest BCUT2D eigenvalue weighted by Gasteiger charge is 2.27. The summed E-state index contributed by atoms with van der Waals surface area (Å²) in [6.45, 7) is 0.601. The van der Waals surface area contributed by atoms with Gasteiger partial charge < -0.3 is 10.7 Å². The van der Waals surface area contributed by atoms with Crippen LogP contribution < -0.4 is 5.73 Å². The van der Waals surface area contributed by atoms with Gasteiger partial charge in [0.15, 0.2) is 0 Å². The molecular weight excluding hydrogens is 286 g/mol. The van der Waals surface area contributed by atoms with E-state index in [0.29, 0.717) is 28.4 Å². The molecule has 1 heterocycles. The van der Waals surface area contributed by atoms with Crippen LogP contribution in [0.5, 0.6) is 0 Å². The number of hydrogen-bond donors (Lipinski definition) is 2. The zero-order valence-corrected chi connectivity index (χ0v) is 13.0. The minimum Gasteiger partial charge on any atom is -0.399 e. The van der Waals surface area contributed by atoms with Gasteiger partial charge in [0.05, 0.1) is 0 Å². The fourth-order valence-corrected chi connectivity index (χ4v) is 4.56. The molecule has 114 valence electrons. The van der Waals surface area contributed by atoms with Gasteiger partial charge in [-0.25, -0.2) is 12.7 Å². The second-order valence-electron chi connectivity index (χ2n) is 5.89. The zero-order chi connectivity index (χ0) is 15.0. The molecule has 1 aromatic carbocycles. The quantitative estimate of drug-likeness (QED) is 0.852. The molecule has 0 saturated heterocycles. The van der Waals surface area contributed by atoms with Gasteiger partial charge in [-0.1, -0.05) is 12.8 Å². The van der Waals surface area contributed by atoms with E-state index in [1.807, 2.05) is 0 Å². The van der Waals surface area contributed by atoms with Crippen LogP contribution in [0.3, 0.4) is 0 Å². The topological polar surface area (TPSA) is 79.2 Å². The smallest absolute Gasteiger partial charge is 0.244 e. The van der Waals surface area contributed by atoms with Gasteiger partial charge in [-0.15, -0.1) is 0 Å². The van der Waals surface area contributed by atoms with Gasteiger partial charge in [0.2, 0.25) is 10.0 Å². The molecule has 6 heteroatoms. The standard InChI is InChI=1S/C15H21N3O2S/c1-18(10-11-4-2-3-5-11)21(19,20)15-9-17-14-8-12(16)6-7-13(14)15/h6-9,11,17H,2-5,10,16H2,1H3. The first-order valence-corrected chi connectivity index (χ1v) is 8.75. The lowest BCUT2D eigenvalue weighted by Gasteiger charge is -2.20. The first-order chi connectivity index (χ1) is 9.98. The van der Waals surface area contributed by atoms with E-state index in [0.717, 1.165) is 18.4 Å². The summed E-state index contributed by atoms with van der Waals surface area (Å²) in [5.74, 6) is 0.491. The van der Waals surface area contributed by atoms with Gasteiger partial charge in [0, 0.05) is 36.4 Å². The van der Waals surface area contributed by atoms with Crippen LogP contribution in [0.25, 0.3) is 10.9 Å². The Labute approximate surface area is 125 Å². The Hall–Kier alpha value is -1.53. The monoisotopic (exact) mass is 307 g/mol. The van der Waals surface area contributed by atoms with Crippen LogP contribution in [0.15, 0.2) is 29.3 Å². The van der Waals surface area contributed by atoms with Gasteiger partial charge in [0.25, 0.3) is 0 Å². The van der Waals surface area contributed by atoms with Crippen molar-refractivity contribution in [2.45, 2.75) is 30.6 Å². The predicted molar refractivity (Wildman–Crippen MR) is 84.5 cm³/mol. The Morgan fingerprint density at radius 3 is 2.76 bits per heavy atom. The number of hydrogen-bond acceptors (Lipinski definition) is 3. The first kappa shape index (κ1) is 14.4. The molecule has 1 aliphatic carbocycles. The number of benzene rings is 1. The molecule has 0 radical (unpaired) electrons. The third-order valence-corrected chi connectivity index (χ3v) is 6.21. The third kappa shape index (κ3) is 2.65. The van der Waals surface area contributed by atoms with Gasteiger partial charge in [-0.05, 0) is 37.0 Å². The molecule has 0 aliphatic heterocycles. The van der Waals surface area contributed by atoms with Crippen molar-refractivity contribution in [2.24, 2.45) is 5.92 Å². The molecule has 3 N–H and O–H groups in total. The number of sulfonamides is 1. The lowest BCUT2D eigenvalue weighted by atomic mass is 10.1. The van der Waals surface area contributed by atoms with Crippen molar-refractivity contribution in [3.63, 3.8) is 0 Å². The number of nitrogen functional groups attached to an aromatic ring is 1. The molecule has 0 unspecified atom stereocenters. The van der Waals surface area contributed by atoms with Gasteiger partial charge in [0.1, 0.15) is 4.90 Å². The number of H-pyrrole nitrogens is 1. The summed E-state index contributed by atoms with van der Waals surface area (Å²) in [5.41, 5.74) is 7.10.